The van der Waals surface area contributed by atoms with E-state index in [1.54, 1.807) is 11.8 Å². The van der Waals surface area contributed by atoms with Crippen LogP contribution in [0.25, 0.3) is 0 Å². The Bertz CT molecular complexity index is 1120. The number of benzene rings is 2. The second-order valence-electron chi connectivity index (χ2n) is 9.60. The van der Waals surface area contributed by atoms with Gasteiger partial charge in [0, 0.05) is 35.1 Å². The van der Waals surface area contributed by atoms with E-state index in [1.807, 2.05) is 0 Å². The molecule has 0 saturated carbocycles. The molecule has 2 aromatic carbocycles. The molecule has 2 aromatic rings. The zero-order chi connectivity index (χ0) is 25.7. The van der Waals surface area contributed by atoms with Crippen molar-refractivity contribution in [2.24, 2.45) is 0 Å². The first-order valence-corrected chi connectivity index (χ1v) is 15.6. The zero-order valence-electron chi connectivity index (χ0n) is 21.6. The Labute approximate surface area is 221 Å². The molecule has 1 N–H and O–H groups in total. The average molecular weight is 530 g/mol. The summed E-state index contributed by atoms with van der Waals surface area (Å²) in [5.41, 5.74) is 3.54. The van der Waals surface area contributed by atoms with Crippen LogP contribution in [0.15, 0.2) is 70.1 Å². The van der Waals surface area contributed by atoms with Gasteiger partial charge in [-0.15, -0.1) is 0 Å². The van der Waals surface area contributed by atoms with Gasteiger partial charge >= 0.3 is 0 Å². The first-order valence-electron chi connectivity index (χ1n) is 13.2. The maximum Gasteiger partial charge on any atom is 0.264 e. The quantitative estimate of drug-likeness (QED) is 0.339. The number of para-hydroxylation sites is 2. The summed E-state index contributed by atoms with van der Waals surface area (Å²) in [5, 5.41) is 0. The van der Waals surface area contributed by atoms with Crippen molar-refractivity contribution in [3.8, 4) is 0 Å². The van der Waals surface area contributed by atoms with Crippen molar-refractivity contribution in [3.05, 3.63) is 60.3 Å². The van der Waals surface area contributed by atoms with Crippen LogP contribution in [0.1, 0.15) is 52.9 Å². The van der Waals surface area contributed by atoms with Gasteiger partial charge in [-0.05, 0) is 49.9 Å². The van der Waals surface area contributed by atoms with Gasteiger partial charge in [0.25, 0.3) is 10.1 Å². The molecule has 8 heteroatoms. The average Bonchev–Trinajstić information content (AvgIpc) is 2.85. The van der Waals surface area contributed by atoms with Crippen molar-refractivity contribution in [1.82, 2.24) is 9.80 Å². The summed E-state index contributed by atoms with van der Waals surface area (Å²) in [6, 6.07) is 16.6. The summed E-state index contributed by atoms with van der Waals surface area (Å²) in [7, 11) is -4.12. The van der Waals surface area contributed by atoms with Gasteiger partial charge in [0.1, 0.15) is 6.17 Å². The van der Waals surface area contributed by atoms with Crippen LogP contribution in [0.3, 0.4) is 0 Å². The number of anilines is 2. The lowest BCUT2D eigenvalue weighted by Crippen LogP contribution is -2.61. The van der Waals surface area contributed by atoms with Gasteiger partial charge in [-0.25, -0.2) is 0 Å². The Hall–Kier alpha value is -2.00. The van der Waals surface area contributed by atoms with E-state index in [4.69, 9.17) is 0 Å². The minimum atomic E-state index is -4.12. The van der Waals surface area contributed by atoms with E-state index in [2.05, 4.69) is 90.1 Å². The van der Waals surface area contributed by atoms with Crippen LogP contribution in [-0.4, -0.2) is 60.4 Å². The molecule has 0 radical (unpaired) electrons. The van der Waals surface area contributed by atoms with Gasteiger partial charge in [0.2, 0.25) is 0 Å². The third-order valence-corrected chi connectivity index (χ3v) is 8.80. The Balaban J connectivity index is 1.89. The normalized spacial score (nSPS) is 19.0. The van der Waals surface area contributed by atoms with Crippen molar-refractivity contribution in [1.29, 1.82) is 0 Å². The Kier molecular flexibility index (Phi) is 9.04. The lowest BCUT2D eigenvalue weighted by atomic mass is 9.99. The van der Waals surface area contributed by atoms with Crippen molar-refractivity contribution in [2.45, 2.75) is 74.9 Å². The molecule has 2 unspecified atom stereocenters. The molecule has 6 nitrogen and oxygen atoms in total. The van der Waals surface area contributed by atoms with E-state index >= 15 is 0 Å². The largest absolute Gasteiger partial charge is 0.357 e. The van der Waals surface area contributed by atoms with Crippen LogP contribution in [0.5, 0.6) is 0 Å². The fourth-order valence-corrected chi connectivity index (χ4v) is 7.18. The Morgan fingerprint density at radius 3 is 2.11 bits per heavy atom. The molecular formula is C28H39N3O3S2. The van der Waals surface area contributed by atoms with Crippen LogP contribution in [-0.2, 0) is 10.1 Å². The van der Waals surface area contributed by atoms with Gasteiger partial charge in [-0.1, -0.05) is 69.3 Å². The highest BCUT2D eigenvalue weighted by atomic mass is 32.2. The topological polar surface area (TPSA) is 64.1 Å². The summed E-state index contributed by atoms with van der Waals surface area (Å²) in [6.07, 6.45) is 6.77. The summed E-state index contributed by atoms with van der Waals surface area (Å²) >= 11 is 1.76. The maximum absolute atomic E-state index is 12.1. The molecule has 0 amide bonds. The third-order valence-electron chi connectivity index (χ3n) is 6.92. The molecule has 0 aliphatic carbocycles. The molecule has 0 aromatic heterocycles. The lowest BCUT2D eigenvalue weighted by Gasteiger charge is -2.52. The molecule has 196 valence electrons. The van der Waals surface area contributed by atoms with Crippen LogP contribution in [0, 0.1) is 0 Å². The summed E-state index contributed by atoms with van der Waals surface area (Å²) in [6.45, 7) is 9.29. The molecule has 0 spiro atoms. The monoisotopic (exact) mass is 529 g/mol. The summed E-state index contributed by atoms with van der Waals surface area (Å²) < 4.78 is 34.0. The highest BCUT2D eigenvalue weighted by Gasteiger charge is 2.41. The molecule has 2 aliphatic heterocycles. The molecule has 0 fully saturated rings. The third kappa shape index (κ3) is 5.93. The van der Waals surface area contributed by atoms with E-state index in [0.717, 1.165) is 66.5 Å². The van der Waals surface area contributed by atoms with Gasteiger partial charge in [-0.2, -0.15) is 8.42 Å². The smallest absolute Gasteiger partial charge is 0.264 e. The van der Waals surface area contributed by atoms with E-state index in [1.165, 1.54) is 5.70 Å². The van der Waals surface area contributed by atoms with Crippen LogP contribution in [0.2, 0.25) is 0 Å². The SMILES string of the molecule is CCCC1=CCN(CCC)C(C(CCS(=O)(=O)O)N2c3ccccc3Sc3ccccc32)N1CCC. The van der Waals surface area contributed by atoms with Crippen LogP contribution in [0.4, 0.5) is 11.4 Å². The molecular weight excluding hydrogens is 490 g/mol. The first kappa shape index (κ1) is 27.0. The van der Waals surface area contributed by atoms with Gasteiger partial charge in [0.05, 0.1) is 23.2 Å². The number of rotatable bonds is 11. The van der Waals surface area contributed by atoms with E-state index < -0.39 is 10.1 Å². The molecule has 2 atom stereocenters. The highest BCUT2D eigenvalue weighted by Crippen LogP contribution is 2.50. The Morgan fingerprint density at radius 2 is 1.56 bits per heavy atom. The first-order chi connectivity index (χ1) is 17.4. The predicted molar refractivity (Wildman–Crippen MR) is 150 cm³/mol. The molecule has 4 rings (SSSR count). The van der Waals surface area contributed by atoms with Crippen molar-refractivity contribution in [2.75, 3.05) is 30.3 Å². The molecule has 0 bridgehead atoms. The summed E-state index contributed by atoms with van der Waals surface area (Å²) in [4.78, 5) is 9.70. The lowest BCUT2D eigenvalue weighted by molar-refractivity contribution is 0.0368. The van der Waals surface area contributed by atoms with Crippen molar-refractivity contribution < 1.29 is 13.0 Å². The van der Waals surface area contributed by atoms with E-state index in [-0.39, 0.29) is 18.0 Å². The van der Waals surface area contributed by atoms with Crippen LogP contribution >= 0.6 is 11.8 Å². The number of hydrogen-bond acceptors (Lipinski definition) is 6. The van der Waals surface area contributed by atoms with E-state index in [9.17, 15) is 13.0 Å². The zero-order valence-corrected chi connectivity index (χ0v) is 23.3. The Morgan fingerprint density at radius 1 is 0.944 bits per heavy atom. The fraction of sp³-hybridized carbons (Fsp3) is 0.500. The van der Waals surface area contributed by atoms with Gasteiger partial charge in [-0.3, -0.25) is 9.45 Å². The molecule has 36 heavy (non-hydrogen) atoms. The minimum Gasteiger partial charge on any atom is -0.357 e. The standard InChI is InChI=1S/C28H39N3O3S2/c1-4-11-22-16-20-29(18-5-2)28(30(22)19-6-3)25(17-21-36(32,33)34)31-23-12-7-9-14-26(23)35-27-15-10-8-13-24(27)31/h7-10,12-16,25,28H,4-6,11,17-21H2,1-3H3,(H,32,33,34). The fourth-order valence-electron chi connectivity index (χ4n) is 5.57. The second kappa shape index (κ2) is 12.0. The van der Waals surface area contributed by atoms with Crippen molar-refractivity contribution in [3.63, 3.8) is 0 Å². The van der Waals surface area contributed by atoms with Gasteiger partial charge < -0.3 is 9.80 Å². The second-order valence-corrected chi connectivity index (χ2v) is 12.3. The van der Waals surface area contributed by atoms with Gasteiger partial charge in [0.15, 0.2) is 0 Å². The van der Waals surface area contributed by atoms with Crippen LogP contribution < -0.4 is 4.90 Å². The van der Waals surface area contributed by atoms with Crippen molar-refractivity contribution >= 4 is 33.3 Å². The molecule has 0 saturated heterocycles. The number of allylic oxidation sites excluding steroid dienone is 1. The minimum absolute atomic E-state index is 0.0117. The summed E-state index contributed by atoms with van der Waals surface area (Å²) in [5.74, 6) is -0.269. The predicted octanol–water partition coefficient (Wildman–Crippen LogP) is 6.38. The number of hydrogen-bond donors (Lipinski definition) is 1. The molecule has 2 heterocycles. The highest BCUT2D eigenvalue weighted by molar-refractivity contribution is 7.99. The number of nitrogens with zero attached hydrogens (tertiary/aromatic N) is 3. The maximum atomic E-state index is 12.1. The van der Waals surface area contributed by atoms with E-state index in [0.29, 0.717) is 6.42 Å². The number of fused-ring (bicyclic) bond motifs is 2. The molecule has 2 aliphatic rings.